The predicted molar refractivity (Wildman–Crippen MR) is 427 cm³/mol. The number of carboxylic acid groups (broad SMARTS) is 2. The van der Waals surface area contributed by atoms with Crippen molar-refractivity contribution in [1.82, 2.24) is 58.5 Å². The number of carbonyl (C=O) groups excluding carboxylic acids is 14. The number of benzene rings is 6. The van der Waals surface area contributed by atoms with Crippen LogP contribution in [-0.2, 0) is 115 Å². The molecule has 0 aliphatic carbocycles. The van der Waals surface area contributed by atoms with E-state index in [1.54, 1.807) is 60.7 Å². The fourth-order valence-electron chi connectivity index (χ4n) is 12.3. The molecule has 6 rings (SSSR count). The largest absolute Gasteiger partial charge is 0.508 e. The number of hydrogen-bond acceptors (Lipinski definition) is 21. The van der Waals surface area contributed by atoms with Crippen molar-refractivity contribution in [3.05, 3.63) is 191 Å². The molecule has 119 heavy (non-hydrogen) atoms. The van der Waals surface area contributed by atoms with E-state index in [1.165, 1.54) is 104 Å². The van der Waals surface area contributed by atoms with E-state index >= 15 is 14.4 Å². The lowest BCUT2D eigenvalue weighted by Gasteiger charge is -2.29. The molecule has 0 saturated carbocycles. The minimum absolute atomic E-state index is 0.0266. The van der Waals surface area contributed by atoms with Crippen molar-refractivity contribution in [3.63, 3.8) is 0 Å². The van der Waals surface area contributed by atoms with E-state index in [0.29, 0.717) is 28.7 Å². The lowest BCUT2D eigenvalue weighted by molar-refractivity contribution is -0.143. The summed E-state index contributed by atoms with van der Waals surface area (Å²) in [6.45, 7) is 1.38. The van der Waals surface area contributed by atoms with Gasteiger partial charge in [-0.2, -0.15) is 0 Å². The van der Waals surface area contributed by atoms with Crippen molar-refractivity contribution in [2.75, 3.05) is 6.54 Å². The minimum Gasteiger partial charge on any atom is -0.508 e. The topological polar surface area (TPSA) is 631 Å². The van der Waals surface area contributed by atoms with E-state index in [0.717, 1.165) is 0 Å². The molecular formula is C82H101N15O22. The SMILES string of the molecule is CC(=O)N[C@@H](Cc1ccc(O)cc1)C(=O)N[C@@H](CCCCN)C(=O)N[C@@H](Cc1ccccc1)C(=O)N[C@@H](CCC(N)=O)C(=O)N[C@@H](Cc1ccc(O)cc1)C(=O)N[C@@H](CCC(N)=O)C(=O)N[C@@H](Cc1ccc(O)cc1)C(=O)N[C@@H](CCC(N)=O)C(=O)N[C@@H](Cc1ccccc1)C(=O)N[C@@H](CCC(=O)O)C(=O)N[C@@H](Cc1ccc(O)cc1)C(=O)O. The third-order valence-electron chi connectivity index (χ3n) is 18.7. The number of carbonyl (C=O) groups is 16. The number of phenolic OH excluding ortho intramolecular Hbond substituents is 4. The van der Waals surface area contributed by atoms with Crippen molar-refractivity contribution in [2.24, 2.45) is 22.9 Å². The summed E-state index contributed by atoms with van der Waals surface area (Å²) in [5.41, 5.74) is 24.9. The maximum Gasteiger partial charge on any atom is 0.326 e. The first kappa shape index (κ1) is 93.9. The molecule has 11 atom stereocenters. The fourth-order valence-corrected chi connectivity index (χ4v) is 12.3. The zero-order chi connectivity index (χ0) is 87.3. The summed E-state index contributed by atoms with van der Waals surface area (Å²) >= 11 is 0. The van der Waals surface area contributed by atoms with Gasteiger partial charge in [0.05, 0.1) is 0 Å². The number of primary amides is 3. The zero-order valence-corrected chi connectivity index (χ0v) is 65.1. The number of carboxylic acids is 2. The highest BCUT2D eigenvalue weighted by Crippen LogP contribution is 2.19. The maximum atomic E-state index is 15.1. The molecule has 0 aliphatic heterocycles. The van der Waals surface area contributed by atoms with Crippen LogP contribution in [-0.4, -0.2) is 198 Å². The molecule has 0 saturated heterocycles. The summed E-state index contributed by atoms with van der Waals surface area (Å²) in [7, 11) is 0. The Hall–Kier alpha value is -14.0. The summed E-state index contributed by atoms with van der Waals surface area (Å²) < 4.78 is 0. The van der Waals surface area contributed by atoms with Gasteiger partial charge in [0.2, 0.25) is 82.7 Å². The van der Waals surface area contributed by atoms with Gasteiger partial charge in [-0.3, -0.25) is 71.9 Å². The van der Waals surface area contributed by atoms with E-state index in [-0.39, 0.29) is 79.2 Å². The van der Waals surface area contributed by atoms with Crippen LogP contribution in [0.4, 0.5) is 0 Å². The van der Waals surface area contributed by atoms with Gasteiger partial charge in [0.1, 0.15) is 89.5 Å². The van der Waals surface area contributed by atoms with Crippen LogP contribution < -0.4 is 81.4 Å². The number of aliphatic carboxylic acids is 2. The highest BCUT2D eigenvalue weighted by molar-refractivity contribution is 6.00. The van der Waals surface area contributed by atoms with Crippen LogP contribution in [0.1, 0.15) is 111 Å². The molecule has 0 unspecified atom stereocenters. The predicted octanol–water partition coefficient (Wildman–Crippen LogP) is -1.51. The molecule has 14 amide bonds. The van der Waals surface area contributed by atoms with Gasteiger partial charge < -0.3 is 112 Å². The average molecular weight is 1650 g/mol. The van der Waals surface area contributed by atoms with Crippen molar-refractivity contribution >= 4 is 94.6 Å². The second kappa shape index (κ2) is 47.8. The number of amides is 14. The lowest BCUT2D eigenvalue weighted by Crippen LogP contribution is -2.61. The first-order valence-corrected chi connectivity index (χ1v) is 38.1. The molecule has 0 aromatic heterocycles. The molecule has 37 nitrogen and oxygen atoms in total. The van der Waals surface area contributed by atoms with Gasteiger partial charge in [0.25, 0.3) is 0 Å². The standard InChI is InChI=1S/C82H101N15O22/c1-46(98)87-62(42-49-15-23-53(99)24-16-49)77(113)88-57(14-8-9-39-83)72(108)93-63(40-47-10-4-2-5-11-47)78(114)89-59(32-36-69(85)104)74(110)95-66(44-51-19-27-55(101)28-20-51)81(117)91-60(33-37-70(86)105)75(111)96-65(43-50-17-25-54(100)26-18-50)80(116)90-58(31-35-68(84)103)73(109)94-64(41-48-12-6-3-7-13-48)79(115)92-61(34-38-71(106)107)76(112)97-67(82(118)119)45-52-21-29-56(102)30-22-52/h2-7,10-13,15-30,57-67,99-102H,8-9,14,31-45,83H2,1H3,(H2,84,103)(H2,85,104)(H2,86,105)(H,87,98)(H,88,113)(H,89,114)(H,90,116)(H,91,117)(H,92,115)(H,93,108)(H,94,109)(H,95,110)(H,96,111)(H,97,112)(H,106,107)(H,118,119)/t57-,58-,59-,60-,61-,62-,63-,64-,65-,66-,67-/m0/s1. The molecule has 6 aromatic rings. The number of rotatable bonds is 50. The summed E-state index contributed by atoms with van der Waals surface area (Å²) in [4.78, 5) is 221. The number of phenols is 4. The molecule has 0 radical (unpaired) electrons. The monoisotopic (exact) mass is 1650 g/mol. The minimum atomic E-state index is -1.88. The Labute approximate surface area is 683 Å². The van der Waals surface area contributed by atoms with Crippen LogP contribution in [0, 0.1) is 0 Å². The van der Waals surface area contributed by atoms with E-state index < -0.39 is 225 Å². The molecule has 0 spiro atoms. The molecular weight excluding hydrogens is 1550 g/mol. The van der Waals surface area contributed by atoms with Gasteiger partial charge in [-0.25, -0.2) is 4.79 Å². The quantitative estimate of drug-likeness (QED) is 0.0193. The van der Waals surface area contributed by atoms with Gasteiger partial charge in [-0.05, 0) is 133 Å². The summed E-state index contributed by atoms with van der Waals surface area (Å²) in [5.74, 6) is -18.0. The molecule has 0 heterocycles. The molecule has 636 valence electrons. The van der Waals surface area contributed by atoms with Gasteiger partial charge in [0.15, 0.2) is 0 Å². The molecule has 37 heteroatoms. The Morgan fingerprint density at radius 3 is 0.714 bits per heavy atom. The number of nitrogens with two attached hydrogens (primary N) is 4. The van der Waals surface area contributed by atoms with Gasteiger partial charge in [0, 0.05) is 71.1 Å². The number of unbranched alkanes of at least 4 members (excludes halogenated alkanes) is 1. The zero-order valence-electron chi connectivity index (χ0n) is 65.1. The molecule has 0 bridgehead atoms. The van der Waals surface area contributed by atoms with E-state index in [2.05, 4.69) is 58.5 Å². The first-order valence-electron chi connectivity index (χ1n) is 38.1. The van der Waals surface area contributed by atoms with Crippen molar-refractivity contribution in [2.45, 2.75) is 183 Å². The second-order valence-corrected chi connectivity index (χ2v) is 28.3. The smallest absolute Gasteiger partial charge is 0.326 e. The lowest BCUT2D eigenvalue weighted by atomic mass is 10.0. The normalized spacial score (nSPS) is 13.7. The molecule has 25 N–H and O–H groups in total. The van der Waals surface area contributed by atoms with Crippen LogP contribution in [0.5, 0.6) is 23.0 Å². The van der Waals surface area contributed by atoms with E-state index in [9.17, 15) is 93.0 Å². The third-order valence-corrected chi connectivity index (χ3v) is 18.7. The van der Waals surface area contributed by atoms with Crippen LogP contribution in [0.2, 0.25) is 0 Å². The fraction of sp³-hybridized carbons (Fsp3) is 0.366. The van der Waals surface area contributed by atoms with E-state index in [1.807, 2.05) is 0 Å². The summed E-state index contributed by atoms with van der Waals surface area (Å²) in [6, 6.07) is 19.3. The summed E-state index contributed by atoms with van der Waals surface area (Å²) in [5, 5.41) is 87.8. The Kier molecular flexibility index (Phi) is 37.7. The molecule has 6 aromatic carbocycles. The van der Waals surface area contributed by atoms with Gasteiger partial charge in [-0.1, -0.05) is 109 Å². The molecule has 0 aliphatic rings. The number of nitrogens with one attached hydrogen (secondary N) is 11. The van der Waals surface area contributed by atoms with Crippen LogP contribution >= 0.6 is 0 Å². The van der Waals surface area contributed by atoms with Gasteiger partial charge >= 0.3 is 11.9 Å². The third kappa shape index (κ3) is 33.8. The highest BCUT2D eigenvalue weighted by Gasteiger charge is 2.38. The van der Waals surface area contributed by atoms with Crippen molar-refractivity contribution in [3.8, 4) is 23.0 Å². The Bertz CT molecular complexity index is 4490. The Morgan fingerprint density at radius 1 is 0.269 bits per heavy atom. The number of hydrogen-bond donors (Lipinski definition) is 21. The average Bonchev–Trinajstić information content (AvgIpc) is 0.854. The Balaban J connectivity index is 1.31. The van der Waals surface area contributed by atoms with Crippen molar-refractivity contribution in [1.29, 1.82) is 0 Å². The van der Waals surface area contributed by atoms with Crippen LogP contribution in [0.3, 0.4) is 0 Å². The Morgan fingerprint density at radius 2 is 0.479 bits per heavy atom. The number of aromatic hydroxyl groups is 4. The van der Waals surface area contributed by atoms with E-state index in [4.69, 9.17) is 22.9 Å². The maximum absolute atomic E-state index is 15.1. The van der Waals surface area contributed by atoms with Gasteiger partial charge in [-0.15, -0.1) is 0 Å². The second-order valence-electron chi connectivity index (χ2n) is 28.3. The summed E-state index contributed by atoms with van der Waals surface area (Å²) in [6.07, 6.45) is -6.23. The van der Waals surface area contributed by atoms with Crippen LogP contribution in [0.15, 0.2) is 158 Å². The van der Waals surface area contributed by atoms with Crippen molar-refractivity contribution < 1.29 is 107 Å². The molecule has 0 fully saturated rings. The first-order chi connectivity index (χ1) is 56.6. The highest BCUT2D eigenvalue weighted by atomic mass is 16.4. The van der Waals surface area contributed by atoms with Crippen LogP contribution in [0.25, 0.3) is 0 Å².